The molecule has 0 bridgehead atoms. The molecule has 0 saturated heterocycles. The Morgan fingerprint density at radius 3 is 2.77 bits per heavy atom. The molecule has 2 saturated carbocycles. The van der Waals surface area contributed by atoms with E-state index >= 15 is 0 Å². The zero-order valence-corrected chi connectivity index (χ0v) is 19.0. The van der Waals surface area contributed by atoms with Crippen molar-refractivity contribution in [3.63, 3.8) is 0 Å². The smallest absolute Gasteiger partial charge is 0.119 e. The highest BCUT2D eigenvalue weighted by atomic mass is 16.3. The lowest BCUT2D eigenvalue weighted by atomic mass is 9.62. The first-order valence-corrected chi connectivity index (χ1v) is 11.4. The minimum atomic E-state index is -0.936. The minimum absolute atomic E-state index is 0.168. The van der Waals surface area contributed by atoms with E-state index in [-0.39, 0.29) is 5.41 Å². The first-order chi connectivity index (χ1) is 14.0. The van der Waals surface area contributed by atoms with E-state index in [1.165, 1.54) is 24.0 Å². The summed E-state index contributed by atoms with van der Waals surface area (Å²) in [6.45, 7) is 12.1. The summed E-state index contributed by atoms with van der Waals surface area (Å²) in [5.74, 6) is 7.03. The van der Waals surface area contributed by atoms with E-state index in [9.17, 15) is 15.3 Å². The van der Waals surface area contributed by atoms with Gasteiger partial charge < -0.3 is 15.3 Å². The fraction of sp³-hybridized carbons (Fsp3) is 0.630. The highest BCUT2D eigenvalue weighted by Crippen LogP contribution is 2.56. The summed E-state index contributed by atoms with van der Waals surface area (Å²) in [5, 5.41) is 30.0. The van der Waals surface area contributed by atoms with Crippen molar-refractivity contribution in [3.05, 3.63) is 47.1 Å². The summed E-state index contributed by atoms with van der Waals surface area (Å²) in [7, 11) is 0. The van der Waals surface area contributed by atoms with Crippen LogP contribution in [0.15, 0.2) is 47.1 Å². The van der Waals surface area contributed by atoms with Crippen molar-refractivity contribution in [2.45, 2.75) is 90.4 Å². The van der Waals surface area contributed by atoms with Crippen LogP contribution in [0.2, 0.25) is 0 Å². The SMILES string of the molecule is C=C1/C(=C\C=C2\CCC[C@]3(C)C([C@H](C)CC#CC(C)(C)O)=CC[C@@H]23)C[C@H](O)C[C@@H]1O. The van der Waals surface area contributed by atoms with E-state index in [2.05, 4.69) is 50.5 Å². The van der Waals surface area contributed by atoms with Gasteiger partial charge in [-0.3, -0.25) is 0 Å². The minimum Gasteiger partial charge on any atom is -0.393 e. The number of hydrogen-bond donors (Lipinski definition) is 3. The predicted molar refractivity (Wildman–Crippen MR) is 123 cm³/mol. The van der Waals surface area contributed by atoms with Crippen LogP contribution in [-0.2, 0) is 0 Å². The Hall–Kier alpha value is -1.60. The highest BCUT2D eigenvalue weighted by Gasteiger charge is 2.45. The highest BCUT2D eigenvalue weighted by molar-refractivity contribution is 5.40. The third-order valence-electron chi connectivity index (χ3n) is 7.21. The molecule has 0 heterocycles. The van der Waals surface area contributed by atoms with Crippen LogP contribution in [0.5, 0.6) is 0 Å². The monoisotopic (exact) mass is 410 g/mol. The zero-order chi connectivity index (χ0) is 22.1. The Kier molecular flexibility index (Phi) is 6.82. The van der Waals surface area contributed by atoms with Crippen molar-refractivity contribution in [2.24, 2.45) is 17.3 Å². The van der Waals surface area contributed by atoms with Crippen molar-refractivity contribution in [1.82, 2.24) is 0 Å². The Bertz CT molecular complexity index is 826. The molecule has 3 N–H and O–H groups in total. The molecule has 0 radical (unpaired) electrons. The summed E-state index contributed by atoms with van der Waals surface area (Å²) in [6.07, 6.45) is 11.9. The topological polar surface area (TPSA) is 60.7 Å². The number of rotatable bonds is 3. The van der Waals surface area contributed by atoms with Crippen LogP contribution in [0.3, 0.4) is 0 Å². The molecule has 3 nitrogen and oxygen atoms in total. The molecule has 3 aliphatic rings. The van der Waals surface area contributed by atoms with Gasteiger partial charge in [-0.15, -0.1) is 0 Å². The Morgan fingerprint density at radius 2 is 2.07 bits per heavy atom. The number of allylic oxidation sites excluding steroid dienone is 5. The predicted octanol–water partition coefficient (Wildman–Crippen LogP) is 4.85. The van der Waals surface area contributed by atoms with Gasteiger partial charge in [0.25, 0.3) is 0 Å². The van der Waals surface area contributed by atoms with Crippen LogP contribution >= 0.6 is 0 Å². The first-order valence-electron chi connectivity index (χ1n) is 11.4. The second-order valence-corrected chi connectivity index (χ2v) is 10.3. The molecule has 0 aliphatic heterocycles. The van der Waals surface area contributed by atoms with Gasteiger partial charge >= 0.3 is 0 Å². The third-order valence-corrected chi connectivity index (χ3v) is 7.21. The quantitative estimate of drug-likeness (QED) is 0.460. The maximum atomic E-state index is 10.1. The second-order valence-electron chi connectivity index (χ2n) is 10.3. The van der Waals surface area contributed by atoms with Crippen LogP contribution in [0.1, 0.15) is 72.6 Å². The molecule has 3 rings (SSSR count). The fourth-order valence-corrected chi connectivity index (χ4v) is 5.61. The molecule has 3 aliphatic carbocycles. The normalized spacial score (nSPS) is 35.6. The summed E-state index contributed by atoms with van der Waals surface area (Å²) in [6, 6.07) is 0. The maximum absolute atomic E-state index is 10.1. The molecular weight excluding hydrogens is 372 g/mol. The van der Waals surface area contributed by atoms with E-state index in [0.717, 1.165) is 30.4 Å². The molecule has 0 aromatic rings. The van der Waals surface area contributed by atoms with Gasteiger partial charge in [-0.05, 0) is 74.3 Å². The molecule has 0 aromatic carbocycles. The number of aliphatic hydroxyl groups excluding tert-OH is 2. The van der Waals surface area contributed by atoms with Crippen LogP contribution in [-0.4, -0.2) is 33.1 Å². The van der Waals surface area contributed by atoms with Gasteiger partial charge in [0.2, 0.25) is 0 Å². The largest absolute Gasteiger partial charge is 0.393 e. The van der Waals surface area contributed by atoms with Crippen molar-refractivity contribution in [3.8, 4) is 11.8 Å². The van der Waals surface area contributed by atoms with Gasteiger partial charge in [-0.25, -0.2) is 0 Å². The third kappa shape index (κ3) is 4.99. The fourth-order valence-electron chi connectivity index (χ4n) is 5.61. The van der Waals surface area contributed by atoms with Gasteiger partial charge in [0.15, 0.2) is 0 Å². The summed E-state index contributed by atoms with van der Waals surface area (Å²) in [5.41, 5.74) is 3.95. The lowest BCUT2D eigenvalue weighted by Gasteiger charge is -2.42. The average Bonchev–Trinajstić information content (AvgIpc) is 3.00. The molecule has 0 aromatic heterocycles. The van der Waals surface area contributed by atoms with E-state index in [1.54, 1.807) is 13.8 Å². The molecule has 0 unspecified atom stereocenters. The van der Waals surface area contributed by atoms with E-state index < -0.39 is 17.8 Å². The van der Waals surface area contributed by atoms with Gasteiger partial charge in [0, 0.05) is 12.8 Å². The molecule has 30 heavy (non-hydrogen) atoms. The van der Waals surface area contributed by atoms with Crippen LogP contribution in [0.4, 0.5) is 0 Å². The van der Waals surface area contributed by atoms with Gasteiger partial charge in [0.1, 0.15) is 5.60 Å². The van der Waals surface area contributed by atoms with Crippen molar-refractivity contribution in [1.29, 1.82) is 0 Å². The number of aliphatic hydroxyl groups is 3. The number of fused-ring (bicyclic) bond motifs is 1. The van der Waals surface area contributed by atoms with Crippen molar-refractivity contribution >= 4 is 0 Å². The van der Waals surface area contributed by atoms with E-state index in [1.807, 2.05) is 0 Å². The zero-order valence-electron chi connectivity index (χ0n) is 19.0. The lowest BCUT2D eigenvalue weighted by molar-refractivity contribution is 0.0862. The Labute approximate surface area is 182 Å². The number of hydrogen-bond acceptors (Lipinski definition) is 3. The van der Waals surface area contributed by atoms with Crippen molar-refractivity contribution in [2.75, 3.05) is 0 Å². The van der Waals surface area contributed by atoms with Gasteiger partial charge in [0.05, 0.1) is 12.2 Å². The van der Waals surface area contributed by atoms with E-state index in [4.69, 9.17) is 0 Å². The van der Waals surface area contributed by atoms with Crippen LogP contribution < -0.4 is 0 Å². The lowest BCUT2D eigenvalue weighted by Crippen LogP contribution is -2.32. The molecular formula is C27H38O3. The standard InChI is InChI=1S/C27H38O3/c1-18(8-6-14-26(3,4)30)23-12-13-24-20(9-7-15-27(23,24)5)10-11-21-16-22(28)17-25(29)19(21)2/h10-12,18,22,24-25,28-30H,2,7-9,13,15-17H2,1,3-5H3/b20-10-,21-11-/t18-,22+,24+,25+,27-/m1/s1. The molecule has 5 atom stereocenters. The summed E-state index contributed by atoms with van der Waals surface area (Å²) < 4.78 is 0. The Morgan fingerprint density at radius 1 is 1.33 bits per heavy atom. The maximum Gasteiger partial charge on any atom is 0.119 e. The van der Waals surface area contributed by atoms with E-state index in [0.29, 0.717) is 24.7 Å². The van der Waals surface area contributed by atoms with Crippen LogP contribution in [0.25, 0.3) is 0 Å². The van der Waals surface area contributed by atoms with Crippen LogP contribution in [0, 0.1) is 29.1 Å². The van der Waals surface area contributed by atoms with Gasteiger partial charge in [-0.1, -0.05) is 61.6 Å². The molecule has 0 spiro atoms. The molecule has 2 fully saturated rings. The molecule has 3 heteroatoms. The van der Waals surface area contributed by atoms with Crippen molar-refractivity contribution < 1.29 is 15.3 Å². The van der Waals surface area contributed by atoms with Gasteiger partial charge in [-0.2, -0.15) is 0 Å². The molecule has 0 amide bonds. The summed E-state index contributed by atoms with van der Waals surface area (Å²) >= 11 is 0. The Balaban J connectivity index is 1.76. The molecule has 164 valence electrons. The first kappa shape index (κ1) is 23.1. The average molecular weight is 411 g/mol. The second kappa shape index (κ2) is 8.87. The summed E-state index contributed by atoms with van der Waals surface area (Å²) in [4.78, 5) is 0.